The standard InChI is InChI=1S/C12H14ClNO4/c1-12(2,11(16)17)10(15)14-7-4-5-9(18-3)8(13)6-7/h4-6H,1-3H3,(H,14,15)(H,16,17). The minimum absolute atomic E-state index is 0.337. The molecule has 0 atom stereocenters. The van der Waals surface area contributed by atoms with E-state index in [-0.39, 0.29) is 0 Å². The Bertz CT molecular complexity index is 485. The van der Waals surface area contributed by atoms with Gasteiger partial charge in [0.1, 0.15) is 11.2 Å². The van der Waals surface area contributed by atoms with Gasteiger partial charge in [0, 0.05) is 5.69 Å². The summed E-state index contributed by atoms with van der Waals surface area (Å²) in [6.45, 7) is 2.66. The van der Waals surface area contributed by atoms with Gasteiger partial charge in [0.05, 0.1) is 12.1 Å². The van der Waals surface area contributed by atoms with Crippen molar-refractivity contribution in [2.24, 2.45) is 5.41 Å². The highest BCUT2D eigenvalue weighted by Crippen LogP contribution is 2.28. The number of hydrogen-bond acceptors (Lipinski definition) is 3. The first-order valence-corrected chi connectivity index (χ1v) is 5.55. The molecule has 1 aromatic carbocycles. The third kappa shape index (κ3) is 2.92. The van der Waals surface area contributed by atoms with Gasteiger partial charge in [-0.1, -0.05) is 11.6 Å². The minimum Gasteiger partial charge on any atom is -0.495 e. The van der Waals surface area contributed by atoms with E-state index >= 15 is 0 Å². The lowest BCUT2D eigenvalue weighted by Crippen LogP contribution is -2.37. The Morgan fingerprint density at radius 1 is 1.39 bits per heavy atom. The van der Waals surface area contributed by atoms with Crippen LogP contribution in [0.4, 0.5) is 5.69 Å². The van der Waals surface area contributed by atoms with Crippen LogP contribution in [-0.2, 0) is 9.59 Å². The lowest BCUT2D eigenvalue weighted by Gasteiger charge is -2.18. The number of carbonyl (C=O) groups is 2. The number of nitrogens with one attached hydrogen (secondary N) is 1. The van der Waals surface area contributed by atoms with E-state index in [1.54, 1.807) is 12.1 Å². The number of ether oxygens (including phenoxy) is 1. The van der Waals surface area contributed by atoms with E-state index in [1.807, 2.05) is 0 Å². The summed E-state index contributed by atoms with van der Waals surface area (Å²) in [6.07, 6.45) is 0. The number of methoxy groups -OCH3 is 1. The van der Waals surface area contributed by atoms with Gasteiger partial charge in [-0.15, -0.1) is 0 Å². The molecule has 0 aliphatic carbocycles. The molecule has 0 radical (unpaired) electrons. The fourth-order valence-electron chi connectivity index (χ4n) is 1.13. The number of halogens is 1. The summed E-state index contributed by atoms with van der Waals surface area (Å²) >= 11 is 5.90. The molecule has 0 aromatic heterocycles. The van der Waals surface area contributed by atoms with E-state index in [9.17, 15) is 9.59 Å². The quantitative estimate of drug-likeness (QED) is 0.825. The maximum atomic E-state index is 11.8. The summed E-state index contributed by atoms with van der Waals surface area (Å²) in [7, 11) is 1.48. The Balaban J connectivity index is 2.89. The van der Waals surface area contributed by atoms with Crippen molar-refractivity contribution in [3.63, 3.8) is 0 Å². The number of benzene rings is 1. The smallest absolute Gasteiger partial charge is 0.318 e. The third-order valence-electron chi connectivity index (χ3n) is 2.51. The van der Waals surface area contributed by atoms with Crippen molar-refractivity contribution in [2.75, 3.05) is 12.4 Å². The second-order valence-electron chi connectivity index (χ2n) is 4.23. The number of carbonyl (C=O) groups excluding carboxylic acids is 1. The van der Waals surface area contributed by atoms with Crippen LogP contribution >= 0.6 is 11.6 Å². The molecule has 0 aliphatic heterocycles. The molecule has 0 bridgehead atoms. The van der Waals surface area contributed by atoms with Gasteiger partial charge in [-0.25, -0.2) is 0 Å². The summed E-state index contributed by atoms with van der Waals surface area (Å²) in [5, 5.41) is 11.8. The summed E-state index contributed by atoms with van der Waals surface area (Å²) in [6, 6.07) is 4.67. The van der Waals surface area contributed by atoms with Gasteiger partial charge < -0.3 is 15.2 Å². The molecular weight excluding hydrogens is 258 g/mol. The first-order valence-electron chi connectivity index (χ1n) is 5.17. The maximum Gasteiger partial charge on any atom is 0.318 e. The first kappa shape index (κ1) is 14.3. The molecule has 98 valence electrons. The molecule has 0 saturated heterocycles. The van der Waals surface area contributed by atoms with Crippen LogP contribution in [0.5, 0.6) is 5.75 Å². The minimum atomic E-state index is -1.51. The van der Waals surface area contributed by atoms with Crippen molar-refractivity contribution in [1.82, 2.24) is 0 Å². The monoisotopic (exact) mass is 271 g/mol. The molecule has 0 unspecified atom stereocenters. The van der Waals surface area contributed by atoms with Gasteiger partial charge in [-0.05, 0) is 32.0 Å². The Kier molecular flexibility index (Phi) is 4.19. The molecule has 0 saturated carbocycles. The van der Waals surface area contributed by atoms with Crippen LogP contribution < -0.4 is 10.1 Å². The fourth-order valence-corrected chi connectivity index (χ4v) is 1.39. The molecule has 1 amide bonds. The molecule has 0 aliphatic rings. The lowest BCUT2D eigenvalue weighted by atomic mass is 9.92. The number of rotatable bonds is 4. The number of carboxylic acid groups (broad SMARTS) is 1. The number of aliphatic carboxylic acids is 1. The molecule has 0 fully saturated rings. The van der Waals surface area contributed by atoms with E-state index in [1.165, 1.54) is 27.0 Å². The highest BCUT2D eigenvalue weighted by Gasteiger charge is 2.36. The zero-order chi connectivity index (χ0) is 13.9. The molecule has 5 nitrogen and oxygen atoms in total. The molecule has 18 heavy (non-hydrogen) atoms. The Morgan fingerprint density at radius 2 is 2.00 bits per heavy atom. The van der Waals surface area contributed by atoms with Crippen molar-refractivity contribution in [2.45, 2.75) is 13.8 Å². The Hall–Kier alpha value is -1.75. The van der Waals surface area contributed by atoms with Crippen molar-refractivity contribution >= 4 is 29.2 Å². The zero-order valence-corrected chi connectivity index (χ0v) is 11.0. The van der Waals surface area contributed by atoms with Crippen molar-refractivity contribution < 1.29 is 19.4 Å². The van der Waals surface area contributed by atoms with E-state index in [0.717, 1.165) is 0 Å². The van der Waals surface area contributed by atoms with Gasteiger partial charge >= 0.3 is 5.97 Å². The first-order chi connectivity index (χ1) is 8.28. The van der Waals surface area contributed by atoms with Crippen LogP contribution in [0.25, 0.3) is 0 Å². The molecule has 1 rings (SSSR count). The normalized spacial score (nSPS) is 10.9. The SMILES string of the molecule is COc1ccc(NC(=O)C(C)(C)C(=O)O)cc1Cl. The molecule has 0 heterocycles. The fraction of sp³-hybridized carbons (Fsp3) is 0.333. The summed E-state index contributed by atoms with van der Waals surface area (Å²) in [4.78, 5) is 22.7. The number of amides is 1. The van der Waals surface area contributed by atoms with Crippen LogP contribution in [0.15, 0.2) is 18.2 Å². The average molecular weight is 272 g/mol. The van der Waals surface area contributed by atoms with Gasteiger partial charge in [-0.3, -0.25) is 9.59 Å². The second-order valence-corrected chi connectivity index (χ2v) is 4.64. The topological polar surface area (TPSA) is 75.6 Å². The van der Waals surface area contributed by atoms with Gasteiger partial charge in [0.2, 0.25) is 5.91 Å². The predicted octanol–water partition coefficient (Wildman–Crippen LogP) is 2.40. The van der Waals surface area contributed by atoms with Crippen LogP contribution in [-0.4, -0.2) is 24.1 Å². The maximum absolute atomic E-state index is 11.8. The Labute approximate surface area is 110 Å². The predicted molar refractivity (Wildman–Crippen MR) is 68.1 cm³/mol. The summed E-state index contributed by atoms with van der Waals surface area (Å²) < 4.78 is 4.97. The molecule has 0 spiro atoms. The second kappa shape index (κ2) is 5.27. The van der Waals surface area contributed by atoms with Crippen molar-refractivity contribution in [1.29, 1.82) is 0 Å². The van der Waals surface area contributed by atoms with Gasteiger partial charge in [0.25, 0.3) is 0 Å². The molecular formula is C12H14ClNO4. The van der Waals surface area contributed by atoms with Crippen LogP contribution in [0.1, 0.15) is 13.8 Å². The number of hydrogen-bond donors (Lipinski definition) is 2. The van der Waals surface area contributed by atoms with Crippen molar-refractivity contribution in [3.8, 4) is 5.75 Å². The van der Waals surface area contributed by atoms with Gasteiger partial charge in [-0.2, -0.15) is 0 Å². The highest BCUT2D eigenvalue weighted by molar-refractivity contribution is 6.32. The van der Waals surface area contributed by atoms with Crippen LogP contribution in [0, 0.1) is 5.41 Å². The van der Waals surface area contributed by atoms with Crippen LogP contribution in [0.3, 0.4) is 0 Å². The van der Waals surface area contributed by atoms with E-state index < -0.39 is 17.3 Å². The van der Waals surface area contributed by atoms with Crippen LogP contribution in [0.2, 0.25) is 5.02 Å². The molecule has 2 N–H and O–H groups in total. The highest BCUT2D eigenvalue weighted by atomic mass is 35.5. The molecule has 6 heteroatoms. The average Bonchev–Trinajstić information content (AvgIpc) is 2.28. The number of anilines is 1. The number of carboxylic acids is 1. The summed E-state index contributed by atoms with van der Waals surface area (Å²) in [5.74, 6) is -1.33. The van der Waals surface area contributed by atoms with E-state index in [2.05, 4.69) is 5.32 Å². The molecule has 1 aromatic rings. The largest absolute Gasteiger partial charge is 0.495 e. The zero-order valence-electron chi connectivity index (χ0n) is 10.3. The van der Waals surface area contributed by atoms with E-state index in [4.69, 9.17) is 21.4 Å². The van der Waals surface area contributed by atoms with Gasteiger partial charge in [0.15, 0.2) is 0 Å². The van der Waals surface area contributed by atoms with E-state index in [0.29, 0.717) is 16.5 Å². The third-order valence-corrected chi connectivity index (χ3v) is 2.81. The Morgan fingerprint density at radius 3 is 2.44 bits per heavy atom. The van der Waals surface area contributed by atoms with Crippen molar-refractivity contribution in [3.05, 3.63) is 23.2 Å². The summed E-state index contributed by atoms with van der Waals surface area (Å²) in [5.41, 5.74) is -1.09. The lowest BCUT2D eigenvalue weighted by molar-refractivity contribution is -0.151.